The molecule has 0 radical (unpaired) electrons. The highest BCUT2D eigenvalue weighted by Gasteiger charge is 2.71. The lowest BCUT2D eigenvalue weighted by atomic mass is 9.51. The number of likely N-dealkylation sites (tertiary alicyclic amines) is 1. The van der Waals surface area contributed by atoms with Crippen molar-refractivity contribution in [3.63, 3.8) is 0 Å². The molecule has 1 aromatic carbocycles. The summed E-state index contributed by atoms with van der Waals surface area (Å²) >= 11 is 1.83. The molecule has 4 atom stereocenters. The lowest BCUT2D eigenvalue weighted by Gasteiger charge is -2.60. The largest absolute Gasteiger partial charge is 0.477 e. The molecule has 120 valence electrons. The predicted molar refractivity (Wildman–Crippen MR) is 91.0 cm³/mol. The first-order valence-electron chi connectivity index (χ1n) is 7.80. The summed E-state index contributed by atoms with van der Waals surface area (Å²) < 4.78 is 11.5. The number of likely N-dealkylation sites (N-methyl/N-ethyl adjacent to an activating group) is 1. The quantitative estimate of drug-likeness (QED) is 0.693. The van der Waals surface area contributed by atoms with E-state index in [1.165, 1.54) is 6.08 Å². The van der Waals surface area contributed by atoms with Gasteiger partial charge in [0, 0.05) is 11.6 Å². The van der Waals surface area contributed by atoms with Crippen LogP contribution in [-0.2, 0) is 16.6 Å². The van der Waals surface area contributed by atoms with E-state index >= 15 is 0 Å². The minimum atomic E-state index is -1.08. The smallest absolute Gasteiger partial charge is 0.196 e. The van der Waals surface area contributed by atoms with Crippen molar-refractivity contribution in [1.82, 2.24) is 4.90 Å². The van der Waals surface area contributed by atoms with Gasteiger partial charge in [-0.3, -0.25) is 9.69 Å². The lowest BCUT2D eigenvalue weighted by molar-refractivity contribution is -0.151. The molecular formula is C17H16INO4. The Bertz CT molecular complexity index is 778. The van der Waals surface area contributed by atoms with E-state index in [1.807, 2.05) is 36.1 Å². The normalized spacial score (nSPS) is 39.9. The van der Waals surface area contributed by atoms with Gasteiger partial charge in [0.2, 0.25) is 0 Å². The average molecular weight is 425 g/mol. The molecule has 2 aliphatic carbocycles. The van der Waals surface area contributed by atoms with Gasteiger partial charge in [-0.1, -0.05) is 6.07 Å². The molecule has 1 N–H and O–H groups in total. The van der Waals surface area contributed by atoms with Gasteiger partial charge in [-0.15, -0.1) is 0 Å². The molecule has 1 saturated heterocycles. The van der Waals surface area contributed by atoms with Gasteiger partial charge in [-0.05, 0) is 50.2 Å². The van der Waals surface area contributed by atoms with Gasteiger partial charge in [-0.2, -0.15) is 0 Å². The molecular weight excluding hydrogens is 409 g/mol. The fourth-order valence-electron chi connectivity index (χ4n) is 5.18. The molecule has 2 heterocycles. The molecule has 5 rings (SSSR count). The van der Waals surface area contributed by atoms with E-state index in [9.17, 15) is 9.90 Å². The first-order chi connectivity index (χ1) is 11.0. The Morgan fingerprint density at radius 3 is 3.09 bits per heavy atom. The summed E-state index contributed by atoms with van der Waals surface area (Å²) in [7, 11) is 2.04. The highest BCUT2D eigenvalue weighted by molar-refractivity contribution is 14.1. The van der Waals surface area contributed by atoms with Crippen LogP contribution in [0.2, 0.25) is 0 Å². The second kappa shape index (κ2) is 4.29. The summed E-state index contributed by atoms with van der Waals surface area (Å²) in [6.45, 7) is 0.835. The molecule has 0 aromatic heterocycles. The number of ketones is 1. The number of piperidine rings is 1. The maximum atomic E-state index is 12.6. The van der Waals surface area contributed by atoms with E-state index in [2.05, 4.69) is 11.0 Å². The maximum absolute atomic E-state index is 12.6. The maximum Gasteiger partial charge on any atom is 0.196 e. The van der Waals surface area contributed by atoms with Gasteiger partial charge in [-0.25, -0.2) is 0 Å². The van der Waals surface area contributed by atoms with Crippen LogP contribution in [0.1, 0.15) is 17.5 Å². The third-order valence-electron chi connectivity index (χ3n) is 6.21. The SMILES string of the molecule is CN1CC[C@]23c4c5ccc(OI)c4OC2C(=O)C=CC3(O)[C@H]1C5. The number of hydrogen-bond donors (Lipinski definition) is 1. The van der Waals surface area contributed by atoms with Crippen LogP contribution in [-0.4, -0.2) is 47.1 Å². The zero-order valence-corrected chi connectivity index (χ0v) is 14.7. The Balaban J connectivity index is 1.89. The Labute approximate surface area is 147 Å². The number of rotatable bonds is 1. The molecule has 2 aliphatic heterocycles. The Kier molecular flexibility index (Phi) is 2.65. The fourth-order valence-corrected chi connectivity index (χ4v) is 5.52. The standard InChI is InChI=1S/C17H16INO4/c1-19-7-6-16-13-9-2-3-11(23-18)14(13)22-15(16)10(20)4-5-17(16,21)12(19)8-9/h2-5,12,15,21H,6-8H2,1H3/t12-,15?,16+,17?/m1/s1. The van der Waals surface area contributed by atoms with E-state index in [0.29, 0.717) is 17.9 Å². The number of benzene rings is 1. The van der Waals surface area contributed by atoms with Gasteiger partial charge in [0.25, 0.3) is 0 Å². The van der Waals surface area contributed by atoms with E-state index < -0.39 is 17.1 Å². The molecule has 6 heteroatoms. The van der Waals surface area contributed by atoms with Crippen molar-refractivity contribution in [2.24, 2.45) is 0 Å². The third-order valence-corrected chi connectivity index (χ3v) is 6.68. The summed E-state index contributed by atoms with van der Waals surface area (Å²) in [6.07, 6.45) is 3.99. The van der Waals surface area contributed by atoms with Gasteiger partial charge >= 0.3 is 0 Å². The van der Waals surface area contributed by atoms with E-state index in [-0.39, 0.29) is 11.8 Å². The van der Waals surface area contributed by atoms with Crippen LogP contribution in [0.5, 0.6) is 11.5 Å². The highest BCUT2D eigenvalue weighted by atomic mass is 127. The number of carbonyl (C=O) groups excluding carboxylic acids is 1. The predicted octanol–water partition coefficient (Wildman–Crippen LogP) is 1.54. The summed E-state index contributed by atoms with van der Waals surface area (Å²) in [4.78, 5) is 14.8. The summed E-state index contributed by atoms with van der Waals surface area (Å²) in [5, 5.41) is 11.7. The average Bonchev–Trinajstić information content (AvgIpc) is 2.90. The van der Waals surface area contributed by atoms with Crippen LogP contribution in [0.15, 0.2) is 24.3 Å². The van der Waals surface area contributed by atoms with Crippen LogP contribution >= 0.6 is 23.0 Å². The molecule has 0 saturated carbocycles. The number of aliphatic hydroxyl groups is 1. The minimum Gasteiger partial charge on any atom is -0.477 e. The van der Waals surface area contributed by atoms with E-state index in [4.69, 9.17) is 7.80 Å². The van der Waals surface area contributed by atoms with Crippen LogP contribution in [0, 0.1) is 0 Å². The zero-order chi connectivity index (χ0) is 16.0. The topological polar surface area (TPSA) is 59.0 Å². The van der Waals surface area contributed by atoms with Crippen molar-refractivity contribution in [3.05, 3.63) is 35.4 Å². The second-order valence-electron chi connectivity index (χ2n) is 6.98. The van der Waals surface area contributed by atoms with Crippen LogP contribution < -0.4 is 7.80 Å². The summed E-state index contributed by atoms with van der Waals surface area (Å²) in [5.74, 6) is 1.20. The van der Waals surface area contributed by atoms with Crippen molar-refractivity contribution in [2.45, 2.75) is 36.0 Å². The monoisotopic (exact) mass is 425 g/mol. The molecule has 1 spiro atoms. The highest BCUT2D eigenvalue weighted by Crippen LogP contribution is 2.63. The van der Waals surface area contributed by atoms with Gasteiger partial charge < -0.3 is 12.9 Å². The zero-order valence-electron chi connectivity index (χ0n) is 12.6. The number of halogens is 1. The van der Waals surface area contributed by atoms with Crippen LogP contribution in [0.4, 0.5) is 0 Å². The summed E-state index contributed by atoms with van der Waals surface area (Å²) in [6, 6.07) is 3.90. The Morgan fingerprint density at radius 1 is 1.48 bits per heavy atom. The number of carbonyl (C=O) groups is 1. The molecule has 5 nitrogen and oxygen atoms in total. The van der Waals surface area contributed by atoms with Gasteiger partial charge in [0.1, 0.15) is 5.60 Å². The summed E-state index contributed by atoms with van der Waals surface area (Å²) in [5.41, 5.74) is 0.371. The van der Waals surface area contributed by atoms with Crippen molar-refractivity contribution in [2.75, 3.05) is 13.6 Å². The number of ether oxygens (including phenoxy) is 1. The first-order valence-corrected chi connectivity index (χ1v) is 8.68. The van der Waals surface area contributed by atoms with E-state index in [0.717, 1.165) is 24.1 Å². The Hall–Kier alpha value is -1.12. The molecule has 23 heavy (non-hydrogen) atoms. The molecule has 1 fully saturated rings. The lowest BCUT2D eigenvalue weighted by Crippen LogP contribution is -2.74. The van der Waals surface area contributed by atoms with Crippen molar-refractivity contribution >= 4 is 28.8 Å². The molecule has 1 aromatic rings. The molecule has 2 unspecified atom stereocenters. The molecule has 0 amide bonds. The molecule has 2 bridgehead atoms. The van der Waals surface area contributed by atoms with Crippen molar-refractivity contribution in [1.29, 1.82) is 0 Å². The second-order valence-corrected chi connectivity index (χ2v) is 7.43. The van der Waals surface area contributed by atoms with Gasteiger partial charge in [0.15, 0.2) is 46.4 Å². The van der Waals surface area contributed by atoms with Crippen LogP contribution in [0.3, 0.4) is 0 Å². The fraction of sp³-hybridized carbons (Fsp3) is 0.471. The first kappa shape index (κ1) is 14.2. The number of nitrogens with zero attached hydrogens (tertiary/aromatic N) is 1. The minimum absolute atomic E-state index is 0.0449. The van der Waals surface area contributed by atoms with Gasteiger partial charge in [0.05, 0.1) is 5.41 Å². The third kappa shape index (κ3) is 1.40. The Morgan fingerprint density at radius 2 is 2.30 bits per heavy atom. The van der Waals surface area contributed by atoms with E-state index in [1.54, 1.807) is 6.08 Å². The van der Waals surface area contributed by atoms with Crippen molar-refractivity contribution < 1.29 is 17.7 Å². The number of hydrogen-bond acceptors (Lipinski definition) is 5. The molecule has 4 aliphatic rings. The van der Waals surface area contributed by atoms with Crippen molar-refractivity contribution in [3.8, 4) is 11.5 Å². The van der Waals surface area contributed by atoms with Crippen LogP contribution in [0.25, 0.3) is 0 Å².